The Hall–Kier alpha value is -2.86. The molecule has 1 heterocycles. The van der Waals surface area contributed by atoms with E-state index in [9.17, 15) is 9.59 Å². The van der Waals surface area contributed by atoms with Crippen molar-refractivity contribution in [2.45, 2.75) is 6.42 Å². The minimum Gasteiger partial charge on any atom is -0.497 e. The summed E-state index contributed by atoms with van der Waals surface area (Å²) in [5.74, 6) is 0.484. The molecular formula is C18H16N2O3S. The summed E-state index contributed by atoms with van der Waals surface area (Å²) < 4.78 is 6.39. The van der Waals surface area contributed by atoms with E-state index in [4.69, 9.17) is 4.74 Å². The number of nitrogens with one attached hydrogen (secondary N) is 1. The molecule has 0 fully saturated rings. The number of rotatable bonds is 5. The fourth-order valence-corrected chi connectivity index (χ4v) is 3.02. The van der Waals surface area contributed by atoms with Gasteiger partial charge in [-0.15, -0.1) is 0 Å². The highest BCUT2D eigenvalue weighted by molar-refractivity contribution is 7.07. The van der Waals surface area contributed by atoms with Gasteiger partial charge in [0.1, 0.15) is 5.75 Å². The van der Waals surface area contributed by atoms with Crippen molar-refractivity contribution in [3.05, 3.63) is 75.2 Å². The average Bonchev–Trinajstić information content (AvgIpc) is 2.97. The molecule has 0 saturated heterocycles. The smallest absolute Gasteiger partial charge is 0.326 e. The lowest BCUT2D eigenvalue weighted by Crippen LogP contribution is -2.31. The van der Waals surface area contributed by atoms with Gasteiger partial charge in [-0.1, -0.05) is 53.8 Å². The van der Waals surface area contributed by atoms with Crippen molar-refractivity contribution in [1.82, 2.24) is 4.68 Å². The fraction of sp³-hybridized carbons (Fsp3) is 0.111. The molecule has 0 atom stereocenters. The van der Waals surface area contributed by atoms with Crippen LogP contribution in [-0.4, -0.2) is 17.7 Å². The molecule has 1 aromatic heterocycles. The quantitative estimate of drug-likeness (QED) is 0.777. The number of ether oxygens (including phenoxy) is 1. The lowest BCUT2D eigenvalue weighted by atomic mass is 10.1. The van der Waals surface area contributed by atoms with Crippen LogP contribution in [0.5, 0.6) is 5.75 Å². The minimum absolute atomic E-state index is 0.181. The lowest BCUT2D eigenvalue weighted by molar-refractivity contribution is -0.116. The van der Waals surface area contributed by atoms with E-state index in [0.717, 1.165) is 28.2 Å². The van der Waals surface area contributed by atoms with Crippen LogP contribution >= 0.6 is 11.3 Å². The van der Waals surface area contributed by atoms with E-state index < -0.39 is 0 Å². The maximum atomic E-state index is 12.3. The standard InChI is InChI=1S/C18H16N2O3S/c1-23-15-9-7-13(8-10-15)11-17(21)19-20-16(12-24-18(20)22)14-5-3-2-4-6-14/h2-10,12H,11H2,1H3,(H,19,21). The van der Waals surface area contributed by atoms with Crippen LogP contribution in [0.1, 0.15) is 5.56 Å². The normalized spacial score (nSPS) is 10.4. The topological polar surface area (TPSA) is 60.3 Å². The van der Waals surface area contributed by atoms with Crippen LogP contribution in [0.15, 0.2) is 64.8 Å². The molecular weight excluding hydrogens is 324 g/mol. The van der Waals surface area contributed by atoms with Gasteiger partial charge in [0.05, 0.1) is 19.2 Å². The molecule has 0 unspecified atom stereocenters. The van der Waals surface area contributed by atoms with Crippen molar-refractivity contribution in [2.24, 2.45) is 0 Å². The number of hydrogen-bond acceptors (Lipinski definition) is 4. The maximum absolute atomic E-state index is 12.3. The molecule has 3 aromatic rings. The zero-order valence-corrected chi connectivity index (χ0v) is 13.9. The second-order valence-electron chi connectivity index (χ2n) is 5.15. The number of carbonyl (C=O) groups is 1. The number of benzene rings is 2. The maximum Gasteiger partial charge on any atom is 0.326 e. The number of carbonyl (C=O) groups excluding carboxylic acids is 1. The van der Waals surface area contributed by atoms with Gasteiger partial charge in [0, 0.05) is 10.9 Å². The van der Waals surface area contributed by atoms with Gasteiger partial charge in [-0.2, -0.15) is 0 Å². The van der Waals surface area contributed by atoms with E-state index in [-0.39, 0.29) is 17.2 Å². The largest absolute Gasteiger partial charge is 0.497 e. The molecule has 1 amide bonds. The molecule has 6 heteroatoms. The van der Waals surface area contributed by atoms with Crippen LogP contribution in [0.4, 0.5) is 0 Å². The molecule has 3 rings (SSSR count). The molecule has 0 aliphatic heterocycles. The van der Waals surface area contributed by atoms with Crippen molar-refractivity contribution in [1.29, 1.82) is 0 Å². The fourth-order valence-electron chi connectivity index (χ4n) is 2.31. The van der Waals surface area contributed by atoms with Crippen molar-refractivity contribution in [2.75, 3.05) is 12.5 Å². The molecule has 0 aliphatic carbocycles. The van der Waals surface area contributed by atoms with E-state index >= 15 is 0 Å². The predicted octanol–water partition coefficient (Wildman–Crippen LogP) is 2.90. The van der Waals surface area contributed by atoms with Crippen LogP contribution in [-0.2, 0) is 11.2 Å². The third kappa shape index (κ3) is 3.55. The highest BCUT2D eigenvalue weighted by Gasteiger charge is 2.12. The van der Waals surface area contributed by atoms with E-state index in [1.807, 2.05) is 42.5 Å². The van der Waals surface area contributed by atoms with Gasteiger partial charge in [-0.25, -0.2) is 4.68 Å². The average molecular weight is 340 g/mol. The van der Waals surface area contributed by atoms with E-state index in [1.165, 1.54) is 4.68 Å². The van der Waals surface area contributed by atoms with Crippen LogP contribution in [0.25, 0.3) is 11.3 Å². The van der Waals surface area contributed by atoms with Crippen LogP contribution in [0.2, 0.25) is 0 Å². The Morgan fingerprint density at radius 3 is 2.50 bits per heavy atom. The molecule has 0 aliphatic rings. The van der Waals surface area contributed by atoms with Gasteiger partial charge >= 0.3 is 4.87 Å². The summed E-state index contributed by atoms with van der Waals surface area (Å²) in [6.45, 7) is 0. The summed E-state index contributed by atoms with van der Waals surface area (Å²) in [4.78, 5) is 24.1. The van der Waals surface area contributed by atoms with E-state index in [1.54, 1.807) is 24.6 Å². The molecule has 1 N–H and O–H groups in total. The first-order valence-corrected chi connectivity index (χ1v) is 8.24. The Labute approximate surface area is 143 Å². The van der Waals surface area contributed by atoms with Gasteiger partial charge in [0.15, 0.2) is 0 Å². The van der Waals surface area contributed by atoms with Gasteiger partial charge in [0.25, 0.3) is 0 Å². The Morgan fingerprint density at radius 1 is 1.12 bits per heavy atom. The number of aromatic nitrogens is 1. The number of hydrogen-bond donors (Lipinski definition) is 1. The number of nitrogens with zero attached hydrogens (tertiary/aromatic N) is 1. The van der Waals surface area contributed by atoms with Crippen LogP contribution in [0.3, 0.4) is 0 Å². The summed E-state index contributed by atoms with van der Waals surface area (Å²) in [7, 11) is 1.59. The first-order valence-electron chi connectivity index (χ1n) is 7.36. The Kier molecular flexibility index (Phi) is 4.77. The summed E-state index contributed by atoms with van der Waals surface area (Å²) in [5, 5.41) is 1.74. The monoisotopic (exact) mass is 340 g/mol. The van der Waals surface area contributed by atoms with Gasteiger partial charge in [-0.3, -0.25) is 15.0 Å². The van der Waals surface area contributed by atoms with E-state index in [2.05, 4.69) is 5.43 Å². The van der Waals surface area contributed by atoms with Crippen LogP contribution in [0, 0.1) is 0 Å². The zero-order chi connectivity index (χ0) is 16.9. The van der Waals surface area contributed by atoms with Crippen molar-refractivity contribution < 1.29 is 9.53 Å². The van der Waals surface area contributed by atoms with Crippen molar-refractivity contribution in [3.63, 3.8) is 0 Å². The number of methoxy groups -OCH3 is 1. The van der Waals surface area contributed by atoms with Crippen molar-refractivity contribution >= 4 is 17.2 Å². The molecule has 0 saturated carbocycles. The third-order valence-corrected chi connectivity index (χ3v) is 4.25. The Morgan fingerprint density at radius 2 is 1.83 bits per heavy atom. The zero-order valence-electron chi connectivity index (χ0n) is 13.1. The first kappa shape index (κ1) is 16.0. The SMILES string of the molecule is COc1ccc(CC(=O)Nn2c(-c3ccccc3)csc2=O)cc1. The molecule has 0 bridgehead atoms. The lowest BCUT2D eigenvalue weighted by Gasteiger charge is -2.10. The van der Waals surface area contributed by atoms with Gasteiger partial charge < -0.3 is 4.74 Å². The summed E-state index contributed by atoms with van der Waals surface area (Å²) in [5.41, 5.74) is 5.07. The second-order valence-corrected chi connectivity index (χ2v) is 5.97. The van der Waals surface area contributed by atoms with Gasteiger partial charge in [0.2, 0.25) is 5.91 Å². The molecule has 0 spiro atoms. The number of amides is 1. The second kappa shape index (κ2) is 7.14. The Bertz CT molecular complexity index is 883. The molecule has 0 radical (unpaired) electrons. The summed E-state index contributed by atoms with van der Waals surface area (Å²) in [6.07, 6.45) is 0.181. The van der Waals surface area contributed by atoms with Crippen LogP contribution < -0.4 is 15.0 Å². The molecule has 24 heavy (non-hydrogen) atoms. The number of thiazole rings is 1. The predicted molar refractivity (Wildman–Crippen MR) is 95.1 cm³/mol. The minimum atomic E-state index is -0.252. The first-order chi connectivity index (χ1) is 11.7. The summed E-state index contributed by atoms with van der Waals surface area (Å²) in [6, 6.07) is 16.7. The van der Waals surface area contributed by atoms with E-state index in [0.29, 0.717) is 5.69 Å². The summed E-state index contributed by atoms with van der Waals surface area (Å²) >= 11 is 1.06. The molecule has 2 aromatic carbocycles. The highest BCUT2D eigenvalue weighted by Crippen LogP contribution is 2.18. The molecule has 5 nitrogen and oxygen atoms in total. The highest BCUT2D eigenvalue weighted by atomic mass is 32.1. The van der Waals surface area contributed by atoms with Gasteiger partial charge in [-0.05, 0) is 17.7 Å². The Balaban J connectivity index is 1.77. The molecule has 122 valence electrons. The van der Waals surface area contributed by atoms with Crippen molar-refractivity contribution in [3.8, 4) is 17.0 Å². The third-order valence-electron chi connectivity index (χ3n) is 3.52.